The van der Waals surface area contributed by atoms with Crippen LogP contribution in [0.1, 0.15) is 19.7 Å². The molecule has 0 aromatic carbocycles. The van der Waals surface area contributed by atoms with E-state index in [1.807, 2.05) is 32.0 Å². The highest BCUT2D eigenvalue weighted by Crippen LogP contribution is 2.22. The van der Waals surface area contributed by atoms with E-state index in [1.54, 1.807) is 12.4 Å². The lowest BCUT2D eigenvalue weighted by Gasteiger charge is -2.10. The van der Waals surface area contributed by atoms with Gasteiger partial charge in [-0.3, -0.25) is 4.98 Å². The summed E-state index contributed by atoms with van der Waals surface area (Å²) >= 11 is 0. The molecule has 0 unspecified atom stereocenters. The maximum atomic E-state index is 9.00. The molecule has 2 aromatic heterocycles. The predicted octanol–water partition coefficient (Wildman–Crippen LogP) is 2.27. The van der Waals surface area contributed by atoms with Gasteiger partial charge in [0.25, 0.3) is 0 Å². The van der Waals surface area contributed by atoms with Crippen molar-refractivity contribution in [3.63, 3.8) is 0 Å². The molecule has 4 nitrogen and oxygen atoms in total. The Balaban J connectivity index is 2.39. The van der Waals surface area contributed by atoms with Gasteiger partial charge in [0, 0.05) is 6.20 Å². The van der Waals surface area contributed by atoms with Gasteiger partial charge in [-0.2, -0.15) is 5.26 Å². The summed E-state index contributed by atoms with van der Waals surface area (Å²) in [5.74, 6) is 0.663. The van der Waals surface area contributed by atoms with Crippen molar-refractivity contribution in [2.75, 3.05) is 0 Å². The van der Waals surface area contributed by atoms with Gasteiger partial charge in [0.15, 0.2) is 0 Å². The Hall–Kier alpha value is -2.15. The van der Waals surface area contributed by atoms with Crippen LogP contribution in [0.5, 0.6) is 0 Å². The highest BCUT2D eigenvalue weighted by Gasteiger charge is 2.23. The van der Waals surface area contributed by atoms with Gasteiger partial charge in [0.05, 0.1) is 23.7 Å². The van der Waals surface area contributed by atoms with Crippen LogP contribution in [0, 0.1) is 11.3 Å². The molecule has 4 heteroatoms. The van der Waals surface area contributed by atoms with E-state index < -0.39 is 5.41 Å². The van der Waals surface area contributed by atoms with Crippen molar-refractivity contribution in [1.82, 2.24) is 15.0 Å². The average molecular weight is 212 g/mol. The van der Waals surface area contributed by atoms with Crippen molar-refractivity contribution in [1.29, 1.82) is 5.26 Å². The van der Waals surface area contributed by atoms with Crippen LogP contribution < -0.4 is 0 Å². The first-order valence-corrected chi connectivity index (χ1v) is 5.01. The van der Waals surface area contributed by atoms with E-state index in [2.05, 4.69) is 21.0 Å². The minimum Gasteiger partial charge on any atom is -0.339 e. The zero-order valence-corrected chi connectivity index (χ0v) is 9.23. The third kappa shape index (κ3) is 1.80. The fourth-order valence-electron chi connectivity index (χ4n) is 1.34. The molecule has 0 aliphatic rings. The smallest absolute Gasteiger partial charge is 0.126 e. The van der Waals surface area contributed by atoms with Crippen LogP contribution in [0.3, 0.4) is 0 Å². The molecule has 2 aromatic rings. The molecule has 0 aliphatic heterocycles. The fraction of sp³-hybridized carbons (Fsp3) is 0.250. The van der Waals surface area contributed by atoms with Crippen molar-refractivity contribution >= 4 is 0 Å². The van der Waals surface area contributed by atoms with Crippen molar-refractivity contribution in [3.05, 3.63) is 36.4 Å². The molecule has 0 saturated carbocycles. The van der Waals surface area contributed by atoms with E-state index in [1.165, 1.54) is 0 Å². The van der Waals surface area contributed by atoms with E-state index in [-0.39, 0.29) is 0 Å². The summed E-state index contributed by atoms with van der Waals surface area (Å²) in [5, 5.41) is 9.00. The summed E-state index contributed by atoms with van der Waals surface area (Å²) in [6, 6.07) is 7.88. The van der Waals surface area contributed by atoms with Gasteiger partial charge in [-0.25, -0.2) is 4.98 Å². The van der Waals surface area contributed by atoms with Gasteiger partial charge in [-0.05, 0) is 26.0 Å². The maximum Gasteiger partial charge on any atom is 0.126 e. The van der Waals surface area contributed by atoms with E-state index in [0.29, 0.717) is 5.82 Å². The number of hydrogen-bond donors (Lipinski definition) is 1. The Bertz CT molecular complexity index is 519. The Kier molecular flexibility index (Phi) is 2.45. The highest BCUT2D eigenvalue weighted by molar-refractivity contribution is 5.53. The molecule has 80 valence electrons. The Morgan fingerprint density at radius 2 is 2.12 bits per heavy atom. The Morgan fingerprint density at radius 3 is 2.75 bits per heavy atom. The monoisotopic (exact) mass is 212 g/mol. The topological polar surface area (TPSA) is 65.4 Å². The van der Waals surface area contributed by atoms with Crippen LogP contribution >= 0.6 is 0 Å². The first-order chi connectivity index (χ1) is 7.63. The lowest BCUT2D eigenvalue weighted by molar-refractivity contribution is 0.639. The van der Waals surface area contributed by atoms with Crippen LogP contribution in [-0.4, -0.2) is 15.0 Å². The van der Waals surface area contributed by atoms with Crippen LogP contribution in [0.2, 0.25) is 0 Å². The first-order valence-electron chi connectivity index (χ1n) is 5.01. The molecule has 0 amide bonds. The fourth-order valence-corrected chi connectivity index (χ4v) is 1.34. The predicted molar refractivity (Wildman–Crippen MR) is 60.5 cm³/mol. The second kappa shape index (κ2) is 3.78. The number of aromatic amines is 1. The standard InChI is InChI=1S/C12H12N4/c1-12(2,8-13)11-15-7-10(16-11)9-5-3-4-6-14-9/h3-7H,1-2H3,(H,15,16). The minimum absolute atomic E-state index is 0.604. The molecule has 1 N–H and O–H groups in total. The molecule has 0 atom stereocenters. The van der Waals surface area contributed by atoms with Crippen molar-refractivity contribution in [3.8, 4) is 17.5 Å². The number of H-pyrrole nitrogens is 1. The van der Waals surface area contributed by atoms with Gasteiger partial charge < -0.3 is 4.98 Å². The summed E-state index contributed by atoms with van der Waals surface area (Å²) < 4.78 is 0. The minimum atomic E-state index is -0.604. The third-order valence-electron chi connectivity index (χ3n) is 2.39. The van der Waals surface area contributed by atoms with E-state index in [9.17, 15) is 0 Å². The summed E-state index contributed by atoms with van der Waals surface area (Å²) in [7, 11) is 0. The molecule has 0 spiro atoms. The maximum absolute atomic E-state index is 9.00. The van der Waals surface area contributed by atoms with Gasteiger partial charge in [0.1, 0.15) is 11.2 Å². The second-order valence-corrected chi connectivity index (χ2v) is 4.10. The summed E-state index contributed by atoms with van der Waals surface area (Å²) in [5.41, 5.74) is 1.06. The van der Waals surface area contributed by atoms with E-state index >= 15 is 0 Å². The largest absolute Gasteiger partial charge is 0.339 e. The number of nitrogens with one attached hydrogen (secondary N) is 1. The molecular formula is C12H12N4. The number of aromatic nitrogens is 3. The van der Waals surface area contributed by atoms with Gasteiger partial charge in [-0.15, -0.1) is 0 Å². The molecule has 0 radical (unpaired) electrons. The third-order valence-corrected chi connectivity index (χ3v) is 2.39. The van der Waals surface area contributed by atoms with E-state index in [0.717, 1.165) is 11.4 Å². The molecular weight excluding hydrogens is 200 g/mol. The van der Waals surface area contributed by atoms with Gasteiger partial charge in [0.2, 0.25) is 0 Å². The zero-order chi connectivity index (χ0) is 11.6. The van der Waals surface area contributed by atoms with Crippen LogP contribution in [0.25, 0.3) is 11.4 Å². The highest BCUT2D eigenvalue weighted by atomic mass is 14.9. The number of imidazole rings is 1. The second-order valence-electron chi connectivity index (χ2n) is 4.10. The Labute approximate surface area is 94.0 Å². The summed E-state index contributed by atoms with van der Waals surface area (Å²) in [4.78, 5) is 11.6. The normalized spacial score (nSPS) is 11.1. The van der Waals surface area contributed by atoms with Gasteiger partial charge >= 0.3 is 0 Å². The average Bonchev–Trinajstić information content (AvgIpc) is 2.80. The number of hydrogen-bond acceptors (Lipinski definition) is 3. The van der Waals surface area contributed by atoms with E-state index in [4.69, 9.17) is 5.26 Å². The zero-order valence-electron chi connectivity index (χ0n) is 9.23. The van der Waals surface area contributed by atoms with Crippen LogP contribution in [0.4, 0.5) is 0 Å². The van der Waals surface area contributed by atoms with Gasteiger partial charge in [-0.1, -0.05) is 6.07 Å². The molecule has 0 bridgehead atoms. The van der Waals surface area contributed by atoms with Crippen LogP contribution in [0.15, 0.2) is 30.6 Å². The quantitative estimate of drug-likeness (QED) is 0.830. The molecule has 2 rings (SSSR count). The SMILES string of the molecule is CC(C)(C#N)c1ncc(-c2ccccn2)[nH]1. The molecule has 0 fully saturated rings. The number of nitriles is 1. The van der Waals surface area contributed by atoms with Crippen molar-refractivity contribution < 1.29 is 0 Å². The first kappa shape index (κ1) is 10.4. The number of nitrogens with zero attached hydrogens (tertiary/aromatic N) is 3. The molecule has 2 heterocycles. The van der Waals surface area contributed by atoms with Crippen molar-refractivity contribution in [2.45, 2.75) is 19.3 Å². The summed E-state index contributed by atoms with van der Waals surface area (Å²) in [6.07, 6.45) is 3.43. The molecule has 16 heavy (non-hydrogen) atoms. The molecule has 0 aliphatic carbocycles. The molecule has 0 saturated heterocycles. The summed E-state index contributed by atoms with van der Waals surface area (Å²) in [6.45, 7) is 3.65. The van der Waals surface area contributed by atoms with Crippen molar-refractivity contribution in [2.24, 2.45) is 0 Å². The Morgan fingerprint density at radius 1 is 1.31 bits per heavy atom. The number of pyridine rings is 1. The lowest BCUT2D eigenvalue weighted by atomic mass is 9.95. The lowest BCUT2D eigenvalue weighted by Crippen LogP contribution is -2.15. The number of rotatable bonds is 2. The van der Waals surface area contributed by atoms with Crippen LogP contribution in [-0.2, 0) is 5.41 Å².